The summed E-state index contributed by atoms with van der Waals surface area (Å²) in [4.78, 5) is 11.7. The van der Waals surface area contributed by atoms with Crippen molar-refractivity contribution in [2.75, 3.05) is 19.8 Å². The molecule has 2 amide bonds. The van der Waals surface area contributed by atoms with Gasteiger partial charge in [0.15, 0.2) is 6.29 Å². The summed E-state index contributed by atoms with van der Waals surface area (Å²) >= 11 is 0. The molecule has 1 aliphatic rings. The number of urea groups is 1. The van der Waals surface area contributed by atoms with Crippen molar-refractivity contribution >= 4 is 6.03 Å². The van der Waals surface area contributed by atoms with Crippen molar-refractivity contribution in [3.8, 4) is 0 Å². The fourth-order valence-electron chi connectivity index (χ4n) is 2.44. The van der Waals surface area contributed by atoms with Crippen LogP contribution in [0.25, 0.3) is 0 Å². The van der Waals surface area contributed by atoms with E-state index >= 15 is 0 Å². The molecule has 2 N–H and O–H groups in total. The van der Waals surface area contributed by atoms with Crippen molar-refractivity contribution in [3.05, 3.63) is 11.8 Å². The van der Waals surface area contributed by atoms with Gasteiger partial charge in [-0.05, 0) is 39.5 Å². The van der Waals surface area contributed by atoms with E-state index in [1.165, 1.54) is 31.3 Å². The Balaban J connectivity index is 2.26. The number of allylic oxidation sites excluding steroid dienone is 1. The van der Waals surface area contributed by atoms with Crippen LogP contribution in [0, 0.1) is 5.92 Å². The predicted octanol–water partition coefficient (Wildman–Crippen LogP) is 2.78. The first-order valence-corrected chi connectivity index (χ1v) is 7.61. The van der Waals surface area contributed by atoms with Gasteiger partial charge in [-0.15, -0.1) is 0 Å². The summed E-state index contributed by atoms with van der Waals surface area (Å²) in [6, 6.07) is -0.216. The van der Waals surface area contributed by atoms with E-state index in [4.69, 9.17) is 9.47 Å². The maximum absolute atomic E-state index is 11.7. The Morgan fingerprint density at radius 2 is 1.85 bits per heavy atom. The van der Waals surface area contributed by atoms with E-state index in [-0.39, 0.29) is 12.3 Å². The van der Waals surface area contributed by atoms with Crippen LogP contribution < -0.4 is 10.6 Å². The molecule has 1 saturated carbocycles. The molecule has 0 aliphatic heterocycles. The average Bonchev–Trinajstić information content (AvgIpc) is 2.97. The average molecular weight is 284 g/mol. The van der Waals surface area contributed by atoms with Gasteiger partial charge < -0.3 is 20.1 Å². The van der Waals surface area contributed by atoms with Gasteiger partial charge >= 0.3 is 6.03 Å². The lowest BCUT2D eigenvalue weighted by Gasteiger charge is -2.17. The van der Waals surface area contributed by atoms with E-state index < -0.39 is 0 Å². The molecular weight excluding hydrogens is 256 g/mol. The van der Waals surface area contributed by atoms with E-state index in [0.29, 0.717) is 25.7 Å². The van der Waals surface area contributed by atoms with Crippen LogP contribution in [0.4, 0.5) is 4.79 Å². The summed E-state index contributed by atoms with van der Waals surface area (Å²) in [5.41, 5.74) is 1.25. The van der Waals surface area contributed by atoms with E-state index in [2.05, 4.69) is 17.6 Å². The highest BCUT2D eigenvalue weighted by molar-refractivity contribution is 5.74. The quantitative estimate of drug-likeness (QED) is 0.674. The molecule has 0 aromatic rings. The minimum Gasteiger partial charge on any atom is -0.351 e. The third-order valence-electron chi connectivity index (χ3n) is 3.56. The van der Waals surface area contributed by atoms with Gasteiger partial charge in [-0.1, -0.05) is 18.4 Å². The lowest BCUT2D eigenvalue weighted by Crippen LogP contribution is -2.39. The molecule has 5 heteroatoms. The Hall–Kier alpha value is -1.07. The third kappa shape index (κ3) is 6.39. The molecule has 0 heterocycles. The van der Waals surface area contributed by atoms with Crippen LogP contribution in [0.5, 0.6) is 0 Å². The number of nitrogens with one attached hydrogen (secondary N) is 2. The van der Waals surface area contributed by atoms with E-state index in [1.807, 2.05) is 20.0 Å². The fraction of sp³-hybridized carbons (Fsp3) is 0.800. The SMILES string of the molecule is CCOC(CNC(=O)N/C=C(\C)C1CCCC1)OCC. The number of ether oxygens (including phenoxy) is 2. The van der Waals surface area contributed by atoms with E-state index in [0.717, 1.165) is 0 Å². The van der Waals surface area contributed by atoms with Crippen LogP contribution in [0.15, 0.2) is 11.8 Å². The Labute approximate surface area is 122 Å². The standard InChI is InChI=1S/C15H28N2O3/c1-4-19-14(20-5-2)11-17-15(18)16-10-12(3)13-8-6-7-9-13/h10,13-14H,4-9,11H2,1-3H3,(H2,16,17,18)/b12-10+. The molecular formula is C15H28N2O3. The number of carbonyl (C=O) groups is 1. The van der Waals surface area contributed by atoms with Gasteiger partial charge in [0.1, 0.15) is 0 Å². The van der Waals surface area contributed by atoms with Crippen LogP contribution in [0.3, 0.4) is 0 Å². The minimum atomic E-state index is -0.379. The molecule has 1 fully saturated rings. The molecule has 0 atom stereocenters. The van der Waals surface area contributed by atoms with Crippen molar-refractivity contribution in [2.45, 2.75) is 52.7 Å². The van der Waals surface area contributed by atoms with Crippen molar-refractivity contribution < 1.29 is 14.3 Å². The summed E-state index contributed by atoms with van der Waals surface area (Å²) < 4.78 is 10.7. The highest BCUT2D eigenvalue weighted by Crippen LogP contribution is 2.30. The van der Waals surface area contributed by atoms with Crippen molar-refractivity contribution in [2.24, 2.45) is 5.92 Å². The molecule has 116 valence electrons. The second-order valence-electron chi connectivity index (χ2n) is 5.06. The molecule has 5 nitrogen and oxygen atoms in total. The molecule has 0 aromatic heterocycles. The van der Waals surface area contributed by atoms with E-state index in [9.17, 15) is 4.79 Å². The number of hydrogen-bond donors (Lipinski definition) is 2. The van der Waals surface area contributed by atoms with Gasteiger partial charge in [-0.2, -0.15) is 0 Å². The van der Waals surface area contributed by atoms with Crippen molar-refractivity contribution in [3.63, 3.8) is 0 Å². The van der Waals surface area contributed by atoms with Gasteiger partial charge in [0, 0.05) is 19.4 Å². The highest BCUT2D eigenvalue weighted by atomic mass is 16.7. The largest absolute Gasteiger partial charge is 0.351 e. The smallest absolute Gasteiger partial charge is 0.318 e. The summed E-state index contributed by atoms with van der Waals surface area (Å²) in [6.45, 7) is 7.37. The highest BCUT2D eigenvalue weighted by Gasteiger charge is 2.16. The number of hydrogen-bond acceptors (Lipinski definition) is 3. The number of amides is 2. The normalized spacial score (nSPS) is 16.7. The third-order valence-corrected chi connectivity index (χ3v) is 3.56. The maximum atomic E-state index is 11.7. The molecule has 0 spiro atoms. The molecule has 20 heavy (non-hydrogen) atoms. The molecule has 0 aromatic carbocycles. The molecule has 0 saturated heterocycles. The van der Waals surface area contributed by atoms with Crippen LogP contribution in [0.2, 0.25) is 0 Å². The van der Waals surface area contributed by atoms with Crippen molar-refractivity contribution in [1.29, 1.82) is 0 Å². The monoisotopic (exact) mass is 284 g/mol. The van der Waals surface area contributed by atoms with Crippen LogP contribution in [0.1, 0.15) is 46.5 Å². The lowest BCUT2D eigenvalue weighted by atomic mass is 10.0. The Kier molecular flexibility index (Phi) is 8.30. The van der Waals surface area contributed by atoms with E-state index in [1.54, 1.807) is 0 Å². The molecule has 1 aliphatic carbocycles. The number of carbonyl (C=O) groups excluding carboxylic acids is 1. The first-order chi connectivity index (χ1) is 9.67. The second-order valence-corrected chi connectivity index (χ2v) is 5.06. The Bertz CT molecular complexity index is 306. The zero-order chi connectivity index (χ0) is 14.8. The predicted molar refractivity (Wildman–Crippen MR) is 79.3 cm³/mol. The Morgan fingerprint density at radius 1 is 1.25 bits per heavy atom. The number of rotatable bonds is 8. The summed E-state index contributed by atoms with van der Waals surface area (Å²) in [6.07, 6.45) is 6.52. The van der Waals surface area contributed by atoms with Gasteiger partial charge in [-0.3, -0.25) is 0 Å². The topological polar surface area (TPSA) is 59.6 Å². The Morgan fingerprint density at radius 3 is 2.40 bits per heavy atom. The molecule has 0 bridgehead atoms. The second kappa shape index (κ2) is 9.77. The molecule has 0 unspecified atom stereocenters. The van der Waals surface area contributed by atoms with Gasteiger partial charge in [0.25, 0.3) is 0 Å². The summed E-state index contributed by atoms with van der Waals surface area (Å²) in [7, 11) is 0. The van der Waals surface area contributed by atoms with Gasteiger partial charge in [0.2, 0.25) is 0 Å². The maximum Gasteiger partial charge on any atom is 0.318 e. The molecule has 1 rings (SSSR count). The van der Waals surface area contributed by atoms with Crippen LogP contribution >= 0.6 is 0 Å². The van der Waals surface area contributed by atoms with Crippen molar-refractivity contribution in [1.82, 2.24) is 10.6 Å². The first kappa shape index (κ1) is 17.0. The minimum absolute atomic E-state index is 0.216. The van der Waals surface area contributed by atoms with Gasteiger partial charge in [-0.25, -0.2) is 4.79 Å². The first-order valence-electron chi connectivity index (χ1n) is 7.61. The zero-order valence-corrected chi connectivity index (χ0v) is 12.9. The van der Waals surface area contributed by atoms with Gasteiger partial charge in [0.05, 0.1) is 6.54 Å². The lowest BCUT2D eigenvalue weighted by molar-refractivity contribution is -0.131. The van der Waals surface area contributed by atoms with Crippen LogP contribution in [-0.2, 0) is 9.47 Å². The summed E-state index contributed by atoms with van der Waals surface area (Å²) in [5, 5.41) is 5.53. The zero-order valence-electron chi connectivity index (χ0n) is 12.9. The van der Waals surface area contributed by atoms with Crippen LogP contribution in [-0.4, -0.2) is 32.1 Å². The molecule has 0 radical (unpaired) electrons. The summed E-state index contributed by atoms with van der Waals surface area (Å²) in [5.74, 6) is 0.634. The fourth-order valence-corrected chi connectivity index (χ4v) is 2.44.